The zero-order valence-electron chi connectivity index (χ0n) is 7.60. The summed E-state index contributed by atoms with van der Waals surface area (Å²) in [7, 11) is 0. The van der Waals surface area contributed by atoms with Crippen molar-refractivity contribution in [3.63, 3.8) is 0 Å². The first-order valence-electron chi connectivity index (χ1n) is 4.12. The van der Waals surface area contributed by atoms with E-state index in [1.54, 1.807) is 6.07 Å². The fourth-order valence-electron chi connectivity index (χ4n) is 0.962. The fourth-order valence-corrected chi connectivity index (χ4v) is 1.45. The molecule has 0 aliphatic heterocycles. The Balaban J connectivity index is 2.71. The zero-order valence-corrected chi connectivity index (χ0v) is 9.18. The average molecular weight is 233 g/mol. The number of thiocarbonyl (C=S) groups is 1. The van der Waals surface area contributed by atoms with Crippen LogP contribution < -0.4 is 10.6 Å². The molecule has 2 N–H and O–H groups in total. The molecule has 14 heavy (non-hydrogen) atoms. The van der Waals surface area contributed by atoms with Crippen LogP contribution in [0.2, 0.25) is 5.02 Å². The third kappa shape index (κ3) is 3.47. The number of halogens is 2. The van der Waals surface area contributed by atoms with Gasteiger partial charge in [0.1, 0.15) is 5.82 Å². The SMILES string of the molecule is CCNC(=S)Nc1cc(F)cc(Cl)c1. The molecule has 0 atom stereocenters. The Bertz CT molecular complexity index is 323. The molecule has 1 rings (SSSR count). The van der Waals surface area contributed by atoms with Gasteiger partial charge in [0.2, 0.25) is 0 Å². The van der Waals surface area contributed by atoms with Crippen LogP contribution in [0.25, 0.3) is 0 Å². The summed E-state index contributed by atoms with van der Waals surface area (Å²) in [4.78, 5) is 0. The smallest absolute Gasteiger partial charge is 0.170 e. The molecule has 0 radical (unpaired) electrons. The maximum atomic E-state index is 12.9. The van der Waals surface area contributed by atoms with Crippen LogP contribution >= 0.6 is 23.8 Å². The molecular formula is C9H10ClFN2S. The van der Waals surface area contributed by atoms with Gasteiger partial charge in [-0.25, -0.2) is 4.39 Å². The number of nitrogens with one attached hydrogen (secondary N) is 2. The fraction of sp³-hybridized carbons (Fsp3) is 0.222. The highest BCUT2D eigenvalue weighted by atomic mass is 35.5. The van der Waals surface area contributed by atoms with Crippen LogP contribution in [0.15, 0.2) is 18.2 Å². The minimum Gasteiger partial charge on any atom is -0.363 e. The Kier molecular flexibility index (Phi) is 4.10. The lowest BCUT2D eigenvalue weighted by Gasteiger charge is -2.08. The summed E-state index contributed by atoms with van der Waals surface area (Å²) in [6, 6.07) is 4.17. The van der Waals surface area contributed by atoms with Crippen molar-refractivity contribution in [1.82, 2.24) is 5.32 Å². The van der Waals surface area contributed by atoms with Gasteiger partial charge in [0.15, 0.2) is 5.11 Å². The molecule has 1 aromatic rings. The number of hydrogen-bond acceptors (Lipinski definition) is 1. The Morgan fingerprint density at radius 3 is 2.79 bits per heavy atom. The van der Waals surface area contributed by atoms with Crippen LogP contribution in [-0.4, -0.2) is 11.7 Å². The molecule has 2 nitrogen and oxygen atoms in total. The first kappa shape index (κ1) is 11.2. The van der Waals surface area contributed by atoms with Crippen molar-refractivity contribution in [1.29, 1.82) is 0 Å². The van der Waals surface area contributed by atoms with E-state index >= 15 is 0 Å². The predicted octanol–water partition coefficient (Wildman–Crippen LogP) is 2.79. The van der Waals surface area contributed by atoms with Gasteiger partial charge in [0, 0.05) is 17.3 Å². The maximum absolute atomic E-state index is 12.9. The van der Waals surface area contributed by atoms with E-state index in [1.165, 1.54) is 12.1 Å². The highest BCUT2D eigenvalue weighted by Crippen LogP contribution is 2.17. The van der Waals surface area contributed by atoms with Gasteiger partial charge in [0.25, 0.3) is 0 Å². The van der Waals surface area contributed by atoms with Crippen LogP contribution in [0.4, 0.5) is 10.1 Å². The van der Waals surface area contributed by atoms with E-state index in [0.717, 1.165) is 6.54 Å². The molecule has 0 saturated carbocycles. The van der Waals surface area contributed by atoms with E-state index < -0.39 is 0 Å². The summed E-state index contributed by atoms with van der Waals surface area (Å²) in [5.41, 5.74) is 0.543. The van der Waals surface area contributed by atoms with Crippen LogP contribution in [0.1, 0.15) is 6.92 Å². The van der Waals surface area contributed by atoms with Crippen LogP contribution in [0.5, 0.6) is 0 Å². The summed E-state index contributed by atoms with van der Waals surface area (Å²) >= 11 is 10.6. The second-order valence-corrected chi connectivity index (χ2v) is 3.49. The van der Waals surface area contributed by atoms with E-state index in [-0.39, 0.29) is 5.82 Å². The average Bonchev–Trinajstić information content (AvgIpc) is 2.01. The first-order chi connectivity index (χ1) is 6.61. The van der Waals surface area contributed by atoms with Gasteiger partial charge >= 0.3 is 0 Å². The zero-order chi connectivity index (χ0) is 10.6. The molecule has 0 amide bonds. The van der Waals surface area contributed by atoms with Gasteiger partial charge < -0.3 is 10.6 Å². The van der Waals surface area contributed by atoms with Crippen LogP contribution in [-0.2, 0) is 0 Å². The van der Waals surface area contributed by atoms with Gasteiger partial charge in [-0.3, -0.25) is 0 Å². The summed E-state index contributed by atoms with van der Waals surface area (Å²) in [6.07, 6.45) is 0. The molecular weight excluding hydrogens is 223 g/mol. The van der Waals surface area contributed by atoms with Crippen molar-refractivity contribution in [2.24, 2.45) is 0 Å². The third-order valence-corrected chi connectivity index (χ3v) is 1.92. The normalized spacial score (nSPS) is 9.64. The van der Waals surface area contributed by atoms with Crippen molar-refractivity contribution in [3.8, 4) is 0 Å². The van der Waals surface area contributed by atoms with Crippen molar-refractivity contribution >= 4 is 34.6 Å². The van der Waals surface area contributed by atoms with Crippen molar-refractivity contribution in [2.75, 3.05) is 11.9 Å². The van der Waals surface area contributed by atoms with Crippen molar-refractivity contribution in [2.45, 2.75) is 6.92 Å². The molecule has 0 unspecified atom stereocenters. The number of hydrogen-bond donors (Lipinski definition) is 2. The minimum absolute atomic E-state index is 0.340. The first-order valence-corrected chi connectivity index (χ1v) is 4.91. The lowest BCUT2D eigenvalue weighted by Crippen LogP contribution is -2.27. The predicted molar refractivity (Wildman–Crippen MR) is 61.3 cm³/mol. The lowest BCUT2D eigenvalue weighted by atomic mass is 10.3. The quantitative estimate of drug-likeness (QED) is 0.767. The Morgan fingerprint density at radius 2 is 2.21 bits per heavy atom. The molecule has 0 aromatic heterocycles. The van der Waals surface area contributed by atoms with E-state index in [2.05, 4.69) is 10.6 Å². The number of anilines is 1. The maximum Gasteiger partial charge on any atom is 0.170 e. The van der Waals surface area contributed by atoms with Gasteiger partial charge in [0.05, 0.1) is 0 Å². The van der Waals surface area contributed by atoms with Crippen LogP contribution in [0.3, 0.4) is 0 Å². The van der Waals surface area contributed by atoms with Gasteiger partial charge in [-0.05, 0) is 37.3 Å². The molecule has 0 fully saturated rings. The molecule has 0 heterocycles. The monoisotopic (exact) mass is 232 g/mol. The minimum atomic E-state index is -0.390. The Hall–Kier alpha value is -0.870. The van der Waals surface area contributed by atoms with E-state index in [4.69, 9.17) is 23.8 Å². The van der Waals surface area contributed by atoms with Gasteiger partial charge in [-0.2, -0.15) is 0 Å². The van der Waals surface area contributed by atoms with E-state index in [0.29, 0.717) is 15.8 Å². The van der Waals surface area contributed by atoms with Crippen LogP contribution in [0, 0.1) is 5.82 Å². The van der Waals surface area contributed by atoms with Gasteiger partial charge in [-0.1, -0.05) is 11.6 Å². The van der Waals surface area contributed by atoms with Crippen molar-refractivity contribution in [3.05, 3.63) is 29.0 Å². The standard InChI is InChI=1S/C9H10ClFN2S/c1-2-12-9(14)13-8-4-6(10)3-7(11)5-8/h3-5H,2H2,1H3,(H2,12,13,14). The van der Waals surface area contributed by atoms with E-state index in [9.17, 15) is 4.39 Å². The topological polar surface area (TPSA) is 24.1 Å². The largest absolute Gasteiger partial charge is 0.363 e. The summed E-state index contributed by atoms with van der Waals surface area (Å²) in [6.45, 7) is 2.64. The van der Waals surface area contributed by atoms with Gasteiger partial charge in [-0.15, -0.1) is 0 Å². The summed E-state index contributed by atoms with van der Waals surface area (Å²) < 4.78 is 12.9. The molecule has 1 aromatic carbocycles. The highest BCUT2D eigenvalue weighted by Gasteiger charge is 2.00. The molecule has 0 aliphatic carbocycles. The Labute approximate surface area is 92.5 Å². The number of rotatable bonds is 2. The number of benzene rings is 1. The highest BCUT2D eigenvalue weighted by molar-refractivity contribution is 7.80. The third-order valence-electron chi connectivity index (χ3n) is 1.46. The second kappa shape index (κ2) is 5.12. The second-order valence-electron chi connectivity index (χ2n) is 2.64. The molecule has 0 aliphatic rings. The summed E-state index contributed by atoms with van der Waals surface area (Å²) in [5, 5.41) is 6.50. The molecule has 5 heteroatoms. The van der Waals surface area contributed by atoms with Crippen molar-refractivity contribution < 1.29 is 4.39 Å². The molecule has 76 valence electrons. The summed E-state index contributed by atoms with van der Waals surface area (Å²) in [5.74, 6) is -0.390. The molecule has 0 bridgehead atoms. The molecule has 0 spiro atoms. The molecule has 0 saturated heterocycles. The lowest BCUT2D eigenvalue weighted by molar-refractivity contribution is 0.628. The Morgan fingerprint density at radius 1 is 1.50 bits per heavy atom. The van der Waals surface area contributed by atoms with E-state index in [1.807, 2.05) is 6.92 Å².